The molecular weight excluding hydrogens is 868 g/mol. The number of hydrogen-bond donors (Lipinski definition) is 11. The first kappa shape index (κ1) is 49.5. The van der Waals surface area contributed by atoms with Crippen molar-refractivity contribution in [2.24, 2.45) is 50.7 Å². The second kappa shape index (κ2) is 17.7. The van der Waals surface area contributed by atoms with Gasteiger partial charge in [0.25, 0.3) is 0 Å². The summed E-state index contributed by atoms with van der Waals surface area (Å²) in [5.74, 6) is 0.0703. The Bertz CT molecular complexity index is 1820. The molecule has 376 valence electrons. The number of ether oxygens (including phenoxy) is 7. The molecule has 0 aromatic heterocycles. The van der Waals surface area contributed by atoms with Crippen LogP contribution in [0.1, 0.15) is 92.4 Å². The largest absolute Gasteiger partial charge is 0.458 e. The number of hydrogen-bond acceptors (Lipinski definition) is 19. The van der Waals surface area contributed by atoms with Crippen LogP contribution in [0.15, 0.2) is 11.6 Å². The standard InChI is InChI=1S/C47H74O19/c1-20-6-7-24(62-39(20)59)21(2)30-22(50)14-45(5)28-9-8-27-43(3,19-49)29(10-11-46(27)18-47(28,46)13-12-44(30,45)4)65-42-38(31(52)23(51)16-60-42)66-41-37(58)35(56)33(54)26(64-41)17-61-40-36(57)34(55)32(53)25(15-48)63-40/h6,21-38,40-42,48-58H,7-19H2,1-5H3/t21-,22-,23+,24+,25-,26-,27+,28+,29+,30+,31+,32-,33-,34+,35+,36-,37-,38-,40-,41-,42+,43+,44-,45+,46-,47+/m1/s1. The topological polar surface area (TPSA) is 304 Å². The van der Waals surface area contributed by atoms with Gasteiger partial charge in [-0.25, -0.2) is 4.79 Å². The summed E-state index contributed by atoms with van der Waals surface area (Å²) in [6.07, 6.45) is -14.7. The number of esters is 1. The summed E-state index contributed by atoms with van der Waals surface area (Å²) in [5.41, 5.74) is -0.520. The number of cyclic esters (lactones) is 1. The van der Waals surface area contributed by atoms with E-state index in [0.29, 0.717) is 30.8 Å². The Morgan fingerprint density at radius 2 is 1.38 bits per heavy atom. The van der Waals surface area contributed by atoms with Crippen molar-refractivity contribution >= 4 is 5.97 Å². The first-order chi connectivity index (χ1) is 31.1. The second-order valence-electron chi connectivity index (χ2n) is 22.5. The highest BCUT2D eigenvalue weighted by molar-refractivity contribution is 5.88. The maximum atomic E-state index is 12.6. The number of aliphatic hydroxyl groups excluding tert-OH is 11. The van der Waals surface area contributed by atoms with Gasteiger partial charge in [-0.3, -0.25) is 0 Å². The van der Waals surface area contributed by atoms with Gasteiger partial charge in [-0.15, -0.1) is 0 Å². The molecule has 5 saturated carbocycles. The molecule has 9 rings (SSSR count). The highest BCUT2D eigenvalue weighted by Crippen LogP contribution is 2.89. The quantitative estimate of drug-likeness (QED) is 0.0851. The fourth-order valence-electron chi connectivity index (χ4n) is 15.8. The summed E-state index contributed by atoms with van der Waals surface area (Å²) in [6.45, 7) is 8.88. The van der Waals surface area contributed by atoms with Gasteiger partial charge >= 0.3 is 5.97 Å². The van der Waals surface area contributed by atoms with Crippen molar-refractivity contribution in [3.8, 4) is 0 Å². The third-order valence-electron chi connectivity index (χ3n) is 19.6. The van der Waals surface area contributed by atoms with Crippen molar-refractivity contribution in [3.05, 3.63) is 11.6 Å². The molecule has 5 aliphatic carbocycles. The molecular formula is C47H74O19. The highest BCUT2D eigenvalue weighted by atomic mass is 16.8. The lowest BCUT2D eigenvalue weighted by molar-refractivity contribution is -0.372. The Morgan fingerprint density at radius 3 is 2.06 bits per heavy atom. The van der Waals surface area contributed by atoms with Crippen LogP contribution in [0, 0.1) is 50.7 Å². The van der Waals surface area contributed by atoms with E-state index in [9.17, 15) is 61.0 Å². The van der Waals surface area contributed by atoms with E-state index in [1.165, 1.54) is 0 Å². The molecule has 26 atom stereocenters. The van der Waals surface area contributed by atoms with E-state index in [4.69, 9.17) is 33.2 Å². The van der Waals surface area contributed by atoms with Crippen LogP contribution in [-0.2, 0) is 38.0 Å². The van der Waals surface area contributed by atoms with Crippen molar-refractivity contribution in [1.82, 2.24) is 0 Å². The van der Waals surface area contributed by atoms with Crippen LogP contribution in [-0.4, -0.2) is 193 Å². The molecule has 11 N–H and O–H groups in total. The Morgan fingerprint density at radius 1 is 0.727 bits per heavy atom. The average molecular weight is 943 g/mol. The summed E-state index contributed by atoms with van der Waals surface area (Å²) >= 11 is 0. The summed E-state index contributed by atoms with van der Waals surface area (Å²) in [7, 11) is 0. The van der Waals surface area contributed by atoms with Gasteiger partial charge in [0.05, 0.1) is 38.6 Å². The van der Waals surface area contributed by atoms with Gasteiger partial charge in [0.15, 0.2) is 18.9 Å². The molecule has 3 saturated heterocycles. The van der Waals surface area contributed by atoms with E-state index in [1.54, 1.807) is 6.92 Å². The molecule has 8 fully saturated rings. The van der Waals surface area contributed by atoms with Crippen molar-refractivity contribution in [2.75, 3.05) is 26.4 Å². The van der Waals surface area contributed by atoms with Crippen LogP contribution in [0.3, 0.4) is 0 Å². The molecule has 0 unspecified atom stereocenters. The minimum atomic E-state index is -1.88. The number of rotatable bonds is 11. The van der Waals surface area contributed by atoms with Gasteiger partial charge < -0.3 is 89.3 Å². The normalized spacial score (nSPS) is 56.2. The van der Waals surface area contributed by atoms with E-state index in [2.05, 4.69) is 20.8 Å². The van der Waals surface area contributed by atoms with Gasteiger partial charge in [0.2, 0.25) is 0 Å². The number of carbonyl (C=O) groups excluding carboxylic acids is 1. The summed E-state index contributed by atoms with van der Waals surface area (Å²) in [4.78, 5) is 12.6. The third kappa shape index (κ3) is 7.34. The molecule has 9 aliphatic rings. The SMILES string of the molecule is CC1=CC[C@@H]([C@@H](C)[C@H]2[C@H](O)C[C@@]3(C)[C@@H]4CC[C@H]5[C@](C)(CO)[C@@H](O[C@@H]6OC[C@H](O)[C@H](O)[C@H]6O[C@H]6O[C@H](CO[C@@H]7O[C@H](CO)[C@@H](O)[C@H](O)[C@H]7O)[C@@H](O)[C@H](O)[C@H]6O)CC[C@@]56C[C@@]46CC[C@]23C)OC1=O. The van der Waals surface area contributed by atoms with E-state index in [0.717, 1.165) is 38.5 Å². The number of aliphatic hydroxyl groups is 11. The van der Waals surface area contributed by atoms with Crippen LogP contribution < -0.4 is 0 Å². The minimum absolute atomic E-state index is 0.0245. The molecule has 0 amide bonds. The van der Waals surface area contributed by atoms with Gasteiger partial charge in [0, 0.05) is 17.4 Å². The Balaban J connectivity index is 0.893. The van der Waals surface area contributed by atoms with Gasteiger partial charge in [-0.1, -0.05) is 33.8 Å². The summed E-state index contributed by atoms with van der Waals surface area (Å²) < 4.78 is 41.6. The van der Waals surface area contributed by atoms with Crippen LogP contribution in [0.25, 0.3) is 0 Å². The van der Waals surface area contributed by atoms with Crippen LogP contribution in [0.5, 0.6) is 0 Å². The highest BCUT2D eigenvalue weighted by Gasteiger charge is 2.83. The van der Waals surface area contributed by atoms with Crippen molar-refractivity contribution in [3.63, 3.8) is 0 Å². The van der Waals surface area contributed by atoms with E-state index in [1.807, 2.05) is 13.0 Å². The molecule has 0 radical (unpaired) electrons. The van der Waals surface area contributed by atoms with Crippen LogP contribution >= 0.6 is 0 Å². The lowest BCUT2D eigenvalue weighted by Crippen LogP contribution is -2.64. The Kier molecular flexibility index (Phi) is 13.3. The molecule has 66 heavy (non-hydrogen) atoms. The fraction of sp³-hybridized carbons (Fsp3) is 0.936. The van der Waals surface area contributed by atoms with Crippen LogP contribution in [0.4, 0.5) is 0 Å². The van der Waals surface area contributed by atoms with Crippen molar-refractivity contribution < 1.29 is 94.1 Å². The fourth-order valence-corrected chi connectivity index (χ4v) is 15.8. The Labute approximate surface area is 384 Å². The predicted octanol–water partition coefficient (Wildman–Crippen LogP) is -1.26. The lowest BCUT2D eigenvalue weighted by Gasteiger charge is -2.63. The lowest BCUT2D eigenvalue weighted by atomic mass is 9.41. The summed E-state index contributed by atoms with van der Waals surface area (Å²) in [5, 5.41) is 119. The maximum absolute atomic E-state index is 12.6. The van der Waals surface area contributed by atoms with E-state index in [-0.39, 0.29) is 64.7 Å². The molecule has 2 spiro atoms. The molecule has 4 aliphatic heterocycles. The minimum Gasteiger partial charge on any atom is -0.458 e. The predicted molar refractivity (Wildman–Crippen MR) is 225 cm³/mol. The molecule has 19 nitrogen and oxygen atoms in total. The average Bonchev–Trinajstić information content (AvgIpc) is 3.90. The summed E-state index contributed by atoms with van der Waals surface area (Å²) in [6, 6.07) is 0. The molecule has 0 aromatic carbocycles. The zero-order valence-corrected chi connectivity index (χ0v) is 38.6. The van der Waals surface area contributed by atoms with Crippen molar-refractivity contribution in [1.29, 1.82) is 0 Å². The zero-order valence-electron chi connectivity index (χ0n) is 38.6. The van der Waals surface area contributed by atoms with Crippen molar-refractivity contribution in [2.45, 2.75) is 197 Å². The van der Waals surface area contributed by atoms with Gasteiger partial charge in [-0.2, -0.15) is 0 Å². The van der Waals surface area contributed by atoms with Crippen LogP contribution in [0.2, 0.25) is 0 Å². The first-order valence-corrected chi connectivity index (χ1v) is 24.2. The smallest absolute Gasteiger partial charge is 0.333 e. The molecule has 0 bridgehead atoms. The van der Waals surface area contributed by atoms with Gasteiger partial charge in [0.1, 0.15) is 73.2 Å². The first-order valence-electron chi connectivity index (χ1n) is 24.2. The molecule has 19 heteroatoms. The monoisotopic (exact) mass is 942 g/mol. The number of carbonyl (C=O) groups is 1. The van der Waals surface area contributed by atoms with Gasteiger partial charge in [-0.05, 0) is 104 Å². The number of fused-ring (bicyclic) bond motifs is 2. The zero-order chi connectivity index (χ0) is 47.6. The third-order valence-corrected chi connectivity index (χ3v) is 19.6. The van der Waals surface area contributed by atoms with E-state index >= 15 is 0 Å². The second-order valence-corrected chi connectivity index (χ2v) is 22.5. The van der Waals surface area contributed by atoms with E-state index < -0.39 is 117 Å². The molecule has 0 aromatic rings. The Hall–Kier alpha value is -1.47. The maximum Gasteiger partial charge on any atom is 0.333 e. The molecule has 4 heterocycles.